The molecule has 1 aromatic carbocycles. The SMILES string of the molecule is COc1c(C)c(F)c(C)c(Br)c1OC. The predicted molar refractivity (Wildman–Crippen MR) is 56.7 cm³/mol. The number of methoxy groups -OCH3 is 2. The van der Waals surface area contributed by atoms with Crippen LogP contribution in [0.25, 0.3) is 0 Å². The van der Waals surface area contributed by atoms with Crippen molar-refractivity contribution >= 4 is 15.9 Å². The molecule has 0 saturated heterocycles. The van der Waals surface area contributed by atoms with Gasteiger partial charge in [-0.05, 0) is 29.8 Å². The lowest BCUT2D eigenvalue weighted by atomic mass is 10.1. The summed E-state index contributed by atoms with van der Waals surface area (Å²) in [6.07, 6.45) is 0. The Kier molecular flexibility index (Phi) is 3.37. The van der Waals surface area contributed by atoms with Crippen molar-refractivity contribution in [1.29, 1.82) is 0 Å². The Morgan fingerprint density at radius 1 is 1.00 bits per heavy atom. The van der Waals surface area contributed by atoms with Crippen molar-refractivity contribution in [2.45, 2.75) is 13.8 Å². The molecular formula is C10H12BrFO2. The molecule has 78 valence electrons. The predicted octanol–water partition coefficient (Wildman–Crippen LogP) is 3.22. The lowest BCUT2D eigenvalue weighted by Gasteiger charge is -2.15. The summed E-state index contributed by atoms with van der Waals surface area (Å²) in [7, 11) is 3.02. The summed E-state index contributed by atoms with van der Waals surface area (Å²) in [5.74, 6) is 0.695. The quantitative estimate of drug-likeness (QED) is 0.815. The summed E-state index contributed by atoms with van der Waals surface area (Å²) >= 11 is 3.27. The van der Waals surface area contributed by atoms with Gasteiger partial charge in [0.05, 0.1) is 18.7 Å². The van der Waals surface area contributed by atoms with E-state index in [0.29, 0.717) is 27.1 Å². The zero-order valence-corrected chi connectivity index (χ0v) is 10.2. The molecule has 0 aliphatic heterocycles. The molecule has 2 nitrogen and oxygen atoms in total. The smallest absolute Gasteiger partial charge is 0.175 e. The van der Waals surface area contributed by atoms with Crippen molar-refractivity contribution < 1.29 is 13.9 Å². The standard InChI is InChI=1S/C10H12BrFO2/c1-5-7(11)10(14-4)9(13-3)6(2)8(5)12/h1-4H3. The molecule has 0 N–H and O–H groups in total. The molecule has 0 amide bonds. The third-order valence-corrected chi connectivity index (χ3v) is 3.10. The van der Waals surface area contributed by atoms with E-state index >= 15 is 0 Å². The number of ether oxygens (including phenoxy) is 2. The van der Waals surface area contributed by atoms with Crippen LogP contribution in [-0.4, -0.2) is 14.2 Å². The van der Waals surface area contributed by atoms with E-state index in [9.17, 15) is 4.39 Å². The third kappa shape index (κ3) is 1.59. The summed E-state index contributed by atoms with van der Waals surface area (Å²) < 4.78 is 24.4. The van der Waals surface area contributed by atoms with E-state index in [1.54, 1.807) is 13.8 Å². The van der Waals surface area contributed by atoms with Crippen molar-refractivity contribution in [3.8, 4) is 11.5 Å². The van der Waals surface area contributed by atoms with Crippen LogP contribution < -0.4 is 9.47 Å². The van der Waals surface area contributed by atoms with Crippen LogP contribution in [0.4, 0.5) is 4.39 Å². The molecule has 0 atom stereocenters. The second-order valence-corrected chi connectivity index (χ2v) is 3.74. The van der Waals surface area contributed by atoms with Crippen molar-refractivity contribution in [2.24, 2.45) is 0 Å². The van der Waals surface area contributed by atoms with Gasteiger partial charge in [-0.2, -0.15) is 0 Å². The fraction of sp³-hybridized carbons (Fsp3) is 0.400. The van der Waals surface area contributed by atoms with E-state index in [1.807, 2.05) is 0 Å². The molecular weight excluding hydrogens is 251 g/mol. The Morgan fingerprint density at radius 3 is 1.93 bits per heavy atom. The van der Waals surface area contributed by atoms with Crippen LogP contribution in [0.3, 0.4) is 0 Å². The van der Waals surface area contributed by atoms with Gasteiger partial charge in [0.25, 0.3) is 0 Å². The molecule has 0 aliphatic carbocycles. The molecule has 0 bridgehead atoms. The molecule has 0 aliphatic rings. The number of hydrogen-bond acceptors (Lipinski definition) is 2. The van der Waals surface area contributed by atoms with Crippen molar-refractivity contribution in [1.82, 2.24) is 0 Å². The van der Waals surface area contributed by atoms with Crippen LogP contribution in [0, 0.1) is 19.7 Å². The lowest BCUT2D eigenvalue weighted by Crippen LogP contribution is -1.99. The normalized spacial score (nSPS) is 10.1. The summed E-state index contributed by atoms with van der Waals surface area (Å²) in [5, 5.41) is 0. The number of halogens is 2. The van der Waals surface area contributed by atoms with Crippen LogP contribution in [-0.2, 0) is 0 Å². The largest absolute Gasteiger partial charge is 0.492 e. The number of rotatable bonds is 2. The lowest BCUT2D eigenvalue weighted by molar-refractivity contribution is 0.347. The summed E-state index contributed by atoms with van der Waals surface area (Å²) in [6, 6.07) is 0. The van der Waals surface area contributed by atoms with Crippen molar-refractivity contribution in [3.63, 3.8) is 0 Å². The fourth-order valence-electron chi connectivity index (χ4n) is 1.35. The minimum Gasteiger partial charge on any atom is -0.492 e. The van der Waals surface area contributed by atoms with Gasteiger partial charge in [-0.15, -0.1) is 0 Å². The second kappa shape index (κ2) is 4.17. The van der Waals surface area contributed by atoms with E-state index in [2.05, 4.69) is 15.9 Å². The molecule has 0 aromatic heterocycles. The maximum atomic E-state index is 13.6. The first kappa shape index (κ1) is 11.3. The molecule has 0 saturated carbocycles. The van der Waals surface area contributed by atoms with E-state index in [-0.39, 0.29) is 5.82 Å². The van der Waals surface area contributed by atoms with Gasteiger partial charge in [0.2, 0.25) is 0 Å². The Labute approximate surface area is 91.2 Å². The highest BCUT2D eigenvalue weighted by atomic mass is 79.9. The highest BCUT2D eigenvalue weighted by Crippen LogP contribution is 2.41. The molecule has 0 fully saturated rings. The molecule has 0 unspecified atom stereocenters. The van der Waals surface area contributed by atoms with Crippen molar-refractivity contribution in [3.05, 3.63) is 21.4 Å². The molecule has 1 aromatic rings. The van der Waals surface area contributed by atoms with Gasteiger partial charge in [0, 0.05) is 11.1 Å². The molecule has 14 heavy (non-hydrogen) atoms. The average molecular weight is 263 g/mol. The Balaban J connectivity index is 3.57. The molecule has 0 spiro atoms. The summed E-state index contributed by atoms with van der Waals surface area (Å²) in [5.41, 5.74) is 0.991. The Morgan fingerprint density at radius 2 is 1.50 bits per heavy atom. The highest BCUT2D eigenvalue weighted by molar-refractivity contribution is 9.10. The third-order valence-electron chi connectivity index (χ3n) is 2.14. The van der Waals surface area contributed by atoms with Crippen LogP contribution >= 0.6 is 15.9 Å². The summed E-state index contributed by atoms with van der Waals surface area (Å²) in [4.78, 5) is 0. The Bertz CT molecular complexity index is 329. The fourth-order valence-corrected chi connectivity index (χ4v) is 1.86. The zero-order valence-electron chi connectivity index (χ0n) is 8.57. The maximum Gasteiger partial charge on any atom is 0.175 e. The Hall–Kier alpha value is -0.770. The topological polar surface area (TPSA) is 18.5 Å². The van der Waals surface area contributed by atoms with Gasteiger partial charge in [0.1, 0.15) is 5.82 Å². The average Bonchev–Trinajstić information content (AvgIpc) is 2.20. The van der Waals surface area contributed by atoms with E-state index < -0.39 is 0 Å². The molecule has 0 heterocycles. The first-order valence-corrected chi connectivity index (χ1v) is 4.90. The number of hydrogen-bond donors (Lipinski definition) is 0. The van der Waals surface area contributed by atoms with Gasteiger partial charge >= 0.3 is 0 Å². The molecule has 1 rings (SSSR count). The maximum absolute atomic E-state index is 13.6. The van der Waals surface area contributed by atoms with Crippen LogP contribution in [0.15, 0.2) is 4.47 Å². The minimum atomic E-state index is -0.269. The van der Waals surface area contributed by atoms with E-state index in [0.717, 1.165) is 0 Å². The van der Waals surface area contributed by atoms with E-state index in [4.69, 9.17) is 9.47 Å². The van der Waals surface area contributed by atoms with Gasteiger partial charge in [0.15, 0.2) is 11.5 Å². The summed E-state index contributed by atoms with van der Waals surface area (Å²) in [6.45, 7) is 3.35. The van der Waals surface area contributed by atoms with Gasteiger partial charge < -0.3 is 9.47 Å². The minimum absolute atomic E-state index is 0.269. The van der Waals surface area contributed by atoms with Crippen LogP contribution in [0.5, 0.6) is 11.5 Å². The first-order chi connectivity index (χ1) is 6.54. The highest BCUT2D eigenvalue weighted by Gasteiger charge is 2.19. The zero-order chi connectivity index (χ0) is 10.9. The number of benzene rings is 1. The van der Waals surface area contributed by atoms with Crippen molar-refractivity contribution in [2.75, 3.05) is 14.2 Å². The van der Waals surface area contributed by atoms with Gasteiger partial charge in [-0.25, -0.2) is 4.39 Å². The van der Waals surface area contributed by atoms with Crippen LogP contribution in [0.1, 0.15) is 11.1 Å². The first-order valence-electron chi connectivity index (χ1n) is 4.10. The van der Waals surface area contributed by atoms with Gasteiger partial charge in [-0.3, -0.25) is 0 Å². The molecule has 0 radical (unpaired) electrons. The van der Waals surface area contributed by atoms with Gasteiger partial charge in [-0.1, -0.05) is 0 Å². The van der Waals surface area contributed by atoms with E-state index in [1.165, 1.54) is 14.2 Å². The molecule has 4 heteroatoms. The monoisotopic (exact) mass is 262 g/mol. The second-order valence-electron chi connectivity index (χ2n) is 2.94. The van der Waals surface area contributed by atoms with Crippen LogP contribution in [0.2, 0.25) is 0 Å².